The minimum absolute atomic E-state index is 0.387. The van der Waals surface area contributed by atoms with E-state index >= 15 is 0 Å². The Morgan fingerprint density at radius 2 is 1.95 bits per heavy atom. The third-order valence-corrected chi connectivity index (χ3v) is 5.14. The maximum Gasteiger partial charge on any atom is 0.0850 e. The van der Waals surface area contributed by atoms with E-state index in [2.05, 4.69) is 18.9 Å². The number of hydrogen-bond acceptors (Lipinski definition) is 2. The summed E-state index contributed by atoms with van der Waals surface area (Å²) in [7, 11) is 0. The van der Waals surface area contributed by atoms with Crippen molar-refractivity contribution in [1.29, 1.82) is 0 Å². The molecule has 1 aliphatic rings. The molecule has 1 heterocycles. The molecule has 0 spiro atoms. The van der Waals surface area contributed by atoms with Crippen molar-refractivity contribution in [2.24, 2.45) is 5.92 Å². The lowest BCUT2D eigenvalue weighted by molar-refractivity contribution is -0.0174. The molecule has 0 saturated heterocycles. The standard InChI is InChI=1S/C16H27ClN2O/c1-4-13-15(17)14(19(5-2)18-13)11-16(3,20)12-9-7-6-8-10-12/h12,20H,4-11H2,1-3H3. The van der Waals surface area contributed by atoms with Crippen molar-refractivity contribution in [3.8, 4) is 0 Å². The minimum atomic E-state index is -0.679. The number of aryl methyl sites for hydroxylation is 2. The fraction of sp³-hybridized carbons (Fsp3) is 0.812. The normalized spacial score (nSPS) is 20.1. The van der Waals surface area contributed by atoms with Gasteiger partial charge in [-0.15, -0.1) is 0 Å². The fourth-order valence-electron chi connectivity index (χ4n) is 3.39. The van der Waals surface area contributed by atoms with Crippen LogP contribution in [0, 0.1) is 5.92 Å². The summed E-state index contributed by atoms with van der Waals surface area (Å²) in [6.45, 7) is 6.91. The van der Waals surface area contributed by atoms with Crippen LogP contribution < -0.4 is 0 Å². The molecule has 1 atom stereocenters. The molecule has 1 aromatic heterocycles. The van der Waals surface area contributed by atoms with Gasteiger partial charge in [-0.3, -0.25) is 4.68 Å². The van der Waals surface area contributed by atoms with E-state index < -0.39 is 5.60 Å². The second-order valence-electron chi connectivity index (χ2n) is 6.25. The number of hydrogen-bond donors (Lipinski definition) is 1. The highest BCUT2D eigenvalue weighted by Gasteiger charge is 2.35. The Morgan fingerprint density at radius 3 is 2.50 bits per heavy atom. The van der Waals surface area contributed by atoms with Crippen LogP contribution in [0.25, 0.3) is 0 Å². The van der Waals surface area contributed by atoms with E-state index in [1.54, 1.807) is 0 Å². The lowest BCUT2D eigenvalue weighted by Gasteiger charge is -2.35. The monoisotopic (exact) mass is 298 g/mol. The molecule has 3 nitrogen and oxygen atoms in total. The zero-order valence-electron chi connectivity index (χ0n) is 13.0. The Kier molecular flexibility index (Phi) is 5.14. The molecule has 0 bridgehead atoms. The van der Waals surface area contributed by atoms with Gasteiger partial charge in [0.05, 0.1) is 22.0 Å². The van der Waals surface area contributed by atoms with Crippen LogP contribution >= 0.6 is 11.6 Å². The zero-order chi connectivity index (χ0) is 14.8. The van der Waals surface area contributed by atoms with Crippen LogP contribution in [-0.4, -0.2) is 20.5 Å². The summed E-state index contributed by atoms with van der Waals surface area (Å²) < 4.78 is 1.96. The number of aliphatic hydroxyl groups is 1. The average molecular weight is 299 g/mol. The SMILES string of the molecule is CCc1nn(CC)c(CC(C)(O)C2CCCCC2)c1Cl. The van der Waals surface area contributed by atoms with Crippen LogP contribution in [0.5, 0.6) is 0 Å². The van der Waals surface area contributed by atoms with E-state index in [-0.39, 0.29) is 0 Å². The molecule has 1 aliphatic carbocycles. The third kappa shape index (κ3) is 3.20. The van der Waals surface area contributed by atoms with Gasteiger partial charge in [-0.1, -0.05) is 37.8 Å². The highest BCUT2D eigenvalue weighted by atomic mass is 35.5. The van der Waals surface area contributed by atoms with E-state index in [9.17, 15) is 5.11 Å². The predicted molar refractivity (Wildman–Crippen MR) is 83.2 cm³/mol. The second kappa shape index (κ2) is 6.48. The van der Waals surface area contributed by atoms with Crippen molar-refractivity contribution >= 4 is 11.6 Å². The van der Waals surface area contributed by atoms with Gasteiger partial charge in [0.1, 0.15) is 0 Å². The fourth-order valence-corrected chi connectivity index (χ4v) is 3.73. The first-order chi connectivity index (χ1) is 9.49. The topological polar surface area (TPSA) is 38.0 Å². The molecule has 0 aromatic carbocycles. The van der Waals surface area contributed by atoms with Crippen molar-refractivity contribution in [3.05, 3.63) is 16.4 Å². The second-order valence-corrected chi connectivity index (χ2v) is 6.62. The molecule has 20 heavy (non-hydrogen) atoms. The van der Waals surface area contributed by atoms with Crippen LogP contribution in [0.4, 0.5) is 0 Å². The molecular formula is C16H27ClN2O. The summed E-state index contributed by atoms with van der Waals surface area (Å²) >= 11 is 6.46. The van der Waals surface area contributed by atoms with Gasteiger partial charge in [-0.25, -0.2) is 0 Å². The van der Waals surface area contributed by atoms with Gasteiger partial charge in [-0.2, -0.15) is 5.10 Å². The largest absolute Gasteiger partial charge is 0.389 e. The first-order valence-electron chi connectivity index (χ1n) is 7.96. The van der Waals surface area contributed by atoms with Gasteiger partial charge in [0.2, 0.25) is 0 Å². The van der Waals surface area contributed by atoms with Gasteiger partial charge in [0, 0.05) is 13.0 Å². The van der Waals surface area contributed by atoms with Gasteiger partial charge in [-0.05, 0) is 39.0 Å². The molecular weight excluding hydrogens is 272 g/mol. The summed E-state index contributed by atoms with van der Waals surface area (Å²) in [5.74, 6) is 0.387. The lowest BCUT2D eigenvalue weighted by atomic mass is 9.76. The lowest BCUT2D eigenvalue weighted by Crippen LogP contribution is -2.38. The molecule has 1 aromatic rings. The van der Waals surface area contributed by atoms with Crippen LogP contribution in [0.2, 0.25) is 5.02 Å². The summed E-state index contributed by atoms with van der Waals surface area (Å²) in [6.07, 6.45) is 7.49. The van der Waals surface area contributed by atoms with Crippen LogP contribution in [-0.2, 0) is 19.4 Å². The van der Waals surface area contributed by atoms with Gasteiger partial charge in [0.25, 0.3) is 0 Å². The Morgan fingerprint density at radius 1 is 1.30 bits per heavy atom. The van der Waals surface area contributed by atoms with Crippen LogP contribution in [0.3, 0.4) is 0 Å². The van der Waals surface area contributed by atoms with Crippen LogP contribution in [0.1, 0.15) is 64.3 Å². The predicted octanol–water partition coefficient (Wildman–Crippen LogP) is 3.99. The third-order valence-electron chi connectivity index (χ3n) is 4.70. The van der Waals surface area contributed by atoms with Gasteiger partial charge in [0.15, 0.2) is 0 Å². The highest BCUT2D eigenvalue weighted by molar-refractivity contribution is 6.31. The Hall–Kier alpha value is -0.540. The van der Waals surface area contributed by atoms with Crippen molar-refractivity contribution < 1.29 is 5.11 Å². The molecule has 0 amide bonds. The first kappa shape index (κ1) is 15.8. The number of halogens is 1. The van der Waals surface area contributed by atoms with Crippen LogP contribution in [0.15, 0.2) is 0 Å². The Balaban J connectivity index is 2.21. The van der Waals surface area contributed by atoms with Gasteiger partial charge < -0.3 is 5.11 Å². The van der Waals surface area contributed by atoms with E-state index in [4.69, 9.17) is 11.6 Å². The van der Waals surface area contributed by atoms with Crippen molar-refractivity contribution in [1.82, 2.24) is 9.78 Å². The van der Waals surface area contributed by atoms with E-state index in [0.29, 0.717) is 12.3 Å². The smallest absolute Gasteiger partial charge is 0.0850 e. The van der Waals surface area contributed by atoms with Gasteiger partial charge >= 0.3 is 0 Å². The zero-order valence-corrected chi connectivity index (χ0v) is 13.7. The molecule has 0 radical (unpaired) electrons. The molecule has 2 rings (SSSR count). The Labute approximate surface area is 127 Å². The minimum Gasteiger partial charge on any atom is -0.389 e. The van der Waals surface area contributed by atoms with E-state index in [0.717, 1.165) is 42.2 Å². The maximum atomic E-state index is 10.9. The quantitative estimate of drug-likeness (QED) is 0.892. The first-order valence-corrected chi connectivity index (χ1v) is 8.33. The Bertz CT molecular complexity index is 448. The summed E-state index contributed by atoms with van der Waals surface area (Å²) in [5.41, 5.74) is 1.27. The number of nitrogens with zero attached hydrogens (tertiary/aromatic N) is 2. The summed E-state index contributed by atoms with van der Waals surface area (Å²) in [6, 6.07) is 0. The number of rotatable bonds is 5. The summed E-state index contributed by atoms with van der Waals surface area (Å²) in [4.78, 5) is 0. The average Bonchev–Trinajstić information content (AvgIpc) is 2.76. The molecule has 1 saturated carbocycles. The van der Waals surface area contributed by atoms with Crippen molar-refractivity contribution in [2.75, 3.05) is 0 Å². The molecule has 114 valence electrons. The molecule has 1 fully saturated rings. The highest BCUT2D eigenvalue weighted by Crippen LogP contribution is 2.36. The van der Waals surface area contributed by atoms with Crippen molar-refractivity contribution in [3.63, 3.8) is 0 Å². The van der Waals surface area contributed by atoms with E-state index in [1.165, 1.54) is 19.3 Å². The molecule has 1 unspecified atom stereocenters. The number of aromatic nitrogens is 2. The van der Waals surface area contributed by atoms with Crippen molar-refractivity contribution in [2.45, 2.75) is 77.9 Å². The molecule has 0 aliphatic heterocycles. The molecule has 4 heteroatoms. The summed E-state index contributed by atoms with van der Waals surface area (Å²) in [5, 5.41) is 16.2. The maximum absolute atomic E-state index is 10.9. The van der Waals surface area contributed by atoms with E-state index in [1.807, 2.05) is 11.6 Å². The molecule has 1 N–H and O–H groups in total.